The molecule has 2 aromatic rings. The van der Waals surface area contributed by atoms with Crippen LogP contribution in [-0.4, -0.2) is 17.0 Å². The highest BCUT2D eigenvalue weighted by molar-refractivity contribution is 5.45. The van der Waals surface area contributed by atoms with E-state index in [0.717, 1.165) is 23.7 Å². The van der Waals surface area contributed by atoms with E-state index in [1.807, 2.05) is 25.3 Å². The zero-order valence-corrected chi connectivity index (χ0v) is 11.1. The van der Waals surface area contributed by atoms with E-state index in [1.54, 1.807) is 0 Å². The van der Waals surface area contributed by atoms with Crippen LogP contribution >= 0.6 is 0 Å². The van der Waals surface area contributed by atoms with Crippen molar-refractivity contribution in [3.63, 3.8) is 0 Å². The van der Waals surface area contributed by atoms with Gasteiger partial charge in [0.2, 0.25) is 6.79 Å². The van der Waals surface area contributed by atoms with E-state index in [2.05, 4.69) is 28.5 Å². The maximum atomic E-state index is 5.39. The Balaban J connectivity index is 1.67. The van der Waals surface area contributed by atoms with Crippen LogP contribution < -0.4 is 14.8 Å². The van der Waals surface area contributed by atoms with E-state index in [9.17, 15) is 0 Å². The molecule has 1 atom stereocenters. The number of nitrogens with one attached hydrogen (secondary N) is 2. The van der Waals surface area contributed by atoms with Crippen LogP contribution in [0.2, 0.25) is 0 Å². The number of fused-ring (bicyclic) bond motifs is 1. The van der Waals surface area contributed by atoms with Gasteiger partial charge in [0.25, 0.3) is 0 Å². The number of nitrogens with zero attached hydrogens (tertiary/aromatic N) is 1. The van der Waals surface area contributed by atoms with Crippen LogP contribution in [0.5, 0.6) is 11.5 Å². The number of aromatic nitrogens is 2. The first-order valence-corrected chi connectivity index (χ1v) is 6.36. The third-order valence-electron chi connectivity index (χ3n) is 3.43. The lowest BCUT2D eigenvalue weighted by Crippen LogP contribution is -2.18. The Labute approximate surface area is 111 Å². The summed E-state index contributed by atoms with van der Waals surface area (Å²) in [6.07, 6.45) is 1.86. The predicted octanol–water partition coefficient (Wildman–Crippen LogP) is 2.30. The normalized spacial score (nSPS) is 14.6. The number of hydrogen-bond donors (Lipinski definition) is 2. The number of hydrogen-bond acceptors (Lipinski definition) is 4. The molecule has 0 saturated heterocycles. The smallest absolute Gasteiger partial charge is 0.231 e. The van der Waals surface area contributed by atoms with Crippen LogP contribution in [0.3, 0.4) is 0 Å². The highest BCUT2D eigenvalue weighted by atomic mass is 16.7. The Hall–Kier alpha value is -2.01. The molecule has 2 heterocycles. The van der Waals surface area contributed by atoms with Gasteiger partial charge in [-0.2, -0.15) is 5.10 Å². The van der Waals surface area contributed by atoms with Crippen molar-refractivity contribution in [2.24, 2.45) is 0 Å². The number of aromatic amines is 1. The van der Waals surface area contributed by atoms with E-state index in [0.29, 0.717) is 6.79 Å². The van der Waals surface area contributed by atoms with Crippen molar-refractivity contribution >= 4 is 0 Å². The van der Waals surface area contributed by atoms with Crippen molar-refractivity contribution < 1.29 is 9.47 Å². The van der Waals surface area contributed by atoms with Crippen LogP contribution in [0.15, 0.2) is 24.4 Å². The molecule has 100 valence electrons. The van der Waals surface area contributed by atoms with Crippen LogP contribution in [0.1, 0.15) is 29.8 Å². The molecule has 1 aliphatic heterocycles. The third kappa shape index (κ3) is 2.42. The highest BCUT2D eigenvalue weighted by Gasteiger charge is 2.15. The Bertz CT molecular complexity index is 580. The number of rotatable bonds is 4. The van der Waals surface area contributed by atoms with Gasteiger partial charge in [-0.1, -0.05) is 6.07 Å². The van der Waals surface area contributed by atoms with Gasteiger partial charge in [0.15, 0.2) is 11.5 Å². The number of aryl methyl sites for hydroxylation is 1. The molecule has 0 saturated carbocycles. The summed E-state index contributed by atoms with van der Waals surface area (Å²) in [7, 11) is 0. The molecular weight excluding hydrogens is 242 g/mol. The van der Waals surface area contributed by atoms with Gasteiger partial charge in [-0.05, 0) is 31.5 Å². The lowest BCUT2D eigenvalue weighted by molar-refractivity contribution is 0.174. The number of ether oxygens (including phenoxy) is 2. The SMILES string of the molecule is Cc1[nH]ncc1CN[C@H](C)c1ccc2c(c1)OCO2. The second-order valence-electron chi connectivity index (χ2n) is 4.74. The van der Waals surface area contributed by atoms with Crippen molar-refractivity contribution in [3.05, 3.63) is 41.2 Å². The second kappa shape index (κ2) is 4.93. The molecule has 2 N–H and O–H groups in total. The molecule has 0 radical (unpaired) electrons. The molecule has 19 heavy (non-hydrogen) atoms. The molecule has 1 aromatic carbocycles. The highest BCUT2D eigenvalue weighted by Crippen LogP contribution is 2.34. The second-order valence-corrected chi connectivity index (χ2v) is 4.74. The molecule has 0 amide bonds. The first-order valence-electron chi connectivity index (χ1n) is 6.36. The van der Waals surface area contributed by atoms with Gasteiger partial charge < -0.3 is 14.8 Å². The fourth-order valence-electron chi connectivity index (χ4n) is 2.12. The average molecular weight is 259 g/mol. The summed E-state index contributed by atoms with van der Waals surface area (Å²) < 4.78 is 10.7. The van der Waals surface area contributed by atoms with Crippen LogP contribution in [0.25, 0.3) is 0 Å². The molecule has 3 rings (SSSR count). The fraction of sp³-hybridized carbons (Fsp3) is 0.357. The predicted molar refractivity (Wildman–Crippen MR) is 71.1 cm³/mol. The topological polar surface area (TPSA) is 59.2 Å². The van der Waals surface area contributed by atoms with Crippen LogP contribution in [0, 0.1) is 6.92 Å². The van der Waals surface area contributed by atoms with Crippen molar-refractivity contribution in [2.75, 3.05) is 6.79 Å². The minimum absolute atomic E-state index is 0.240. The molecule has 0 aliphatic carbocycles. The monoisotopic (exact) mass is 259 g/mol. The van der Waals surface area contributed by atoms with Crippen molar-refractivity contribution in [3.8, 4) is 11.5 Å². The zero-order valence-electron chi connectivity index (χ0n) is 11.1. The van der Waals surface area contributed by atoms with Crippen molar-refractivity contribution in [1.82, 2.24) is 15.5 Å². The van der Waals surface area contributed by atoms with E-state index in [-0.39, 0.29) is 6.04 Å². The van der Waals surface area contributed by atoms with Gasteiger partial charge >= 0.3 is 0 Å². The zero-order chi connectivity index (χ0) is 13.2. The molecule has 0 spiro atoms. The summed E-state index contributed by atoms with van der Waals surface area (Å²) in [5.74, 6) is 1.65. The van der Waals surface area contributed by atoms with Gasteiger partial charge in [-0.25, -0.2) is 0 Å². The molecule has 0 bridgehead atoms. The Morgan fingerprint density at radius 2 is 2.21 bits per heavy atom. The summed E-state index contributed by atoms with van der Waals surface area (Å²) >= 11 is 0. The van der Waals surface area contributed by atoms with E-state index in [1.165, 1.54) is 11.1 Å². The number of H-pyrrole nitrogens is 1. The molecule has 1 aliphatic rings. The molecule has 0 fully saturated rings. The lowest BCUT2D eigenvalue weighted by atomic mass is 10.1. The van der Waals surface area contributed by atoms with Crippen molar-refractivity contribution in [2.45, 2.75) is 26.4 Å². The minimum Gasteiger partial charge on any atom is -0.454 e. The Morgan fingerprint density at radius 1 is 1.37 bits per heavy atom. The molecular formula is C14H17N3O2. The van der Waals surface area contributed by atoms with E-state index >= 15 is 0 Å². The largest absolute Gasteiger partial charge is 0.454 e. The molecule has 5 nitrogen and oxygen atoms in total. The average Bonchev–Trinajstić information content (AvgIpc) is 3.03. The van der Waals surface area contributed by atoms with Crippen LogP contribution in [0.4, 0.5) is 0 Å². The third-order valence-corrected chi connectivity index (χ3v) is 3.43. The molecule has 0 unspecified atom stereocenters. The van der Waals surface area contributed by atoms with Gasteiger partial charge in [-0.3, -0.25) is 5.10 Å². The molecule has 5 heteroatoms. The van der Waals surface area contributed by atoms with Crippen molar-refractivity contribution in [1.29, 1.82) is 0 Å². The summed E-state index contributed by atoms with van der Waals surface area (Å²) in [5.41, 5.74) is 3.48. The van der Waals surface area contributed by atoms with Crippen LogP contribution in [-0.2, 0) is 6.54 Å². The quantitative estimate of drug-likeness (QED) is 0.884. The maximum Gasteiger partial charge on any atom is 0.231 e. The first-order chi connectivity index (χ1) is 9.24. The Morgan fingerprint density at radius 3 is 3.00 bits per heavy atom. The first kappa shape index (κ1) is 12.0. The summed E-state index contributed by atoms with van der Waals surface area (Å²) in [6, 6.07) is 6.29. The minimum atomic E-state index is 0.240. The maximum absolute atomic E-state index is 5.39. The van der Waals surface area contributed by atoms with Gasteiger partial charge in [-0.15, -0.1) is 0 Å². The summed E-state index contributed by atoms with van der Waals surface area (Å²) in [5, 5.41) is 10.4. The van der Waals surface area contributed by atoms with Gasteiger partial charge in [0.1, 0.15) is 0 Å². The summed E-state index contributed by atoms with van der Waals surface area (Å²) in [4.78, 5) is 0. The fourth-order valence-corrected chi connectivity index (χ4v) is 2.12. The Kier molecular flexibility index (Phi) is 3.13. The lowest BCUT2D eigenvalue weighted by Gasteiger charge is -2.14. The van der Waals surface area contributed by atoms with Gasteiger partial charge in [0, 0.05) is 23.8 Å². The number of benzene rings is 1. The standard InChI is InChI=1S/C14H17N3O2/c1-9(15-6-12-7-16-17-10(12)2)11-3-4-13-14(5-11)19-8-18-13/h3-5,7,9,15H,6,8H2,1-2H3,(H,16,17)/t9-/m1/s1. The molecule has 1 aromatic heterocycles. The van der Waals surface area contributed by atoms with E-state index < -0.39 is 0 Å². The van der Waals surface area contributed by atoms with E-state index in [4.69, 9.17) is 9.47 Å². The summed E-state index contributed by atoms with van der Waals surface area (Å²) in [6.45, 7) is 5.26. The van der Waals surface area contributed by atoms with Gasteiger partial charge in [0.05, 0.1) is 6.20 Å².